The number of ether oxygens (including phenoxy) is 2. The number of nitrogens with zero attached hydrogens (tertiary/aromatic N) is 3. The Morgan fingerprint density at radius 2 is 1.90 bits per heavy atom. The number of fused-ring (bicyclic) bond motifs is 1. The lowest BCUT2D eigenvalue weighted by molar-refractivity contribution is 0.0918. The van der Waals surface area contributed by atoms with Gasteiger partial charge in [0.1, 0.15) is 12.4 Å². The summed E-state index contributed by atoms with van der Waals surface area (Å²) >= 11 is 0. The van der Waals surface area contributed by atoms with Crippen molar-refractivity contribution in [3.05, 3.63) is 101 Å². The molecular weight excluding hydrogens is 532 g/mol. The SMILES string of the molecule is C=C(/C=C\C=C(/C)C1=NNNN1C(C)C)NC(=O)c1cc2c(cc1OC)CCN(C(=O)OCc1ccccc1)C2.CC. The van der Waals surface area contributed by atoms with Crippen LogP contribution < -0.4 is 21.1 Å². The number of hydrogen-bond donors (Lipinski definition) is 3. The number of benzene rings is 2. The fraction of sp³-hybridized carbons (Fsp3) is 0.344. The predicted octanol–water partition coefficient (Wildman–Crippen LogP) is 5.21. The predicted molar refractivity (Wildman–Crippen MR) is 165 cm³/mol. The van der Waals surface area contributed by atoms with E-state index in [-0.39, 0.29) is 24.6 Å². The summed E-state index contributed by atoms with van der Waals surface area (Å²) in [5, 5.41) is 9.00. The molecule has 2 aliphatic rings. The minimum atomic E-state index is -0.384. The van der Waals surface area contributed by atoms with Crippen molar-refractivity contribution in [2.24, 2.45) is 5.10 Å². The smallest absolute Gasteiger partial charge is 0.410 e. The number of hydrogen-bond acceptors (Lipinski definition) is 8. The summed E-state index contributed by atoms with van der Waals surface area (Å²) in [6.07, 6.45) is 5.67. The number of hydrazine groups is 2. The molecule has 0 unspecified atom stereocenters. The van der Waals surface area contributed by atoms with E-state index in [0.29, 0.717) is 36.5 Å². The largest absolute Gasteiger partial charge is 0.496 e. The molecule has 4 rings (SSSR count). The van der Waals surface area contributed by atoms with E-state index in [0.717, 1.165) is 28.1 Å². The lowest BCUT2D eigenvalue weighted by Gasteiger charge is -2.29. The lowest BCUT2D eigenvalue weighted by atomic mass is 9.96. The molecule has 0 saturated heterocycles. The zero-order valence-electron chi connectivity index (χ0n) is 25.4. The number of amides is 2. The number of allylic oxidation sites excluding steroid dienone is 3. The maximum absolute atomic E-state index is 13.2. The first-order chi connectivity index (χ1) is 20.3. The van der Waals surface area contributed by atoms with Crippen molar-refractivity contribution in [3.63, 3.8) is 0 Å². The van der Waals surface area contributed by atoms with Gasteiger partial charge in [-0.3, -0.25) is 9.80 Å². The Balaban J connectivity index is 0.00000237. The molecule has 224 valence electrons. The molecule has 0 radical (unpaired) electrons. The van der Waals surface area contributed by atoms with Crippen LogP contribution in [0.5, 0.6) is 5.75 Å². The van der Waals surface area contributed by atoms with E-state index >= 15 is 0 Å². The molecule has 0 fully saturated rings. The molecule has 10 nitrogen and oxygen atoms in total. The molecule has 2 heterocycles. The highest BCUT2D eigenvalue weighted by Gasteiger charge is 2.25. The number of hydrazone groups is 1. The van der Waals surface area contributed by atoms with E-state index in [1.165, 1.54) is 7.11 Å². The van der Waals surface area contributed by atoms with Crippen LogP contribution in [0.3, 0.4) is 0 Å². The Bertz CT molecular complexity index is 1350. The molecule has 42 heavy (non-hydrogen) atoms. The minimum absolute atomic E-state index is 0.210. The zero-order chi connectivity index (χ0) is 30.6. The molecule has 0 spiro atoms. The number of methoxy groups -OCH3 is 1. The summed E-state index contributed by atoms with van der Waals surface area (Å²) in [6, 6.07) is 13.4. The molecular formula is C32H42N6O4. The Kier molecular flexibility index (Phi) is 11.7. The second kappa shape index (κ2) is 15.4. The highest BCUT2D eigenvalue weighted by atomic mass is 16.6. The molecule has 2 aromatic rings. The Morgan fingerprint density at radius 1 is 1.17 bits per heavy atom. The Morgan fingerprint density at radius 3 is 2.60 bits per heavy atom. The fourth-order valence-corrected chi connectivity index (χ4v) is 4.43. The molecule has 10 heteroatoms. The van der Waals surface area contributed by atoms with Crippen molar-refractivity contribution >= 4 is 17.8 Å². The highest BCUT2D eigenvalue weighted by Crippen LogP contribution is 2.28. The highest BCUT2D eigenvalue weighted by molar-refractivity contribution is 5.99. The second-order valence-corrected chi connectivity index (χ2v) is 9.84. The van der Waals surface area contributed by atoms with Gasteiger partial charge in [0.15, 0.2) is 5.84 Å². The first-order valence-electron chi connectivity index (χ1n) is 14.2. The number of amidine groups is 1. The van der Waals surface area contributed by atoms with E-state index in [4.69, 9.17) is 9.47 Å². The molecule has 2 aromatic carbocycles. The van der Waals surface area contributed by atoms with Crippen LogP contribution in [0, 0.1) is 0 Å². The summed E-state index contributed by atoms with van der Waals surface area (Å²) in [4.78, 5) is 27.5. The summed E-state index contributed by atoms with van der Waals surface area (Å²) < 4.78 is 11.0. The molecule has 0 saturated carbocycles. The van der Waals surface area contributed by atoms with Crippen LogP contribution >= 0.6 is 0 Å². The third kappa shape index (κ3) is 8.23. The van der Waals surface area contributed by atoms with Crippen LogP contribution in [0.1, 0.15) is 61.7 Å². The van der Waals surface area contributed by atoms with Crippen LogP contribution in [-0.4, -0.2) is 47.4 Å². The van der Waals surface area contributed by atoms with Crippen molar-refractivity contribution in [1.29, 1.82) is 0 Å². The van der Waals surface area contributed by atoms with Crippen LogP contribution in [0.2, 0.25) is 0 Å². The Hall–Kier alpha value is -4.57. The third-order valence-corrected chi connectivity index (χ3v) is 6.59. The van der Waals surface area contributed by atoms with E-state index in [1.807, 2.05) is 68.3 Å². The third-order valence-electron chi connectivity index (χ3n) is 6.59. The van der Waals surface area contributed by atoms with E-state index in [1.54, 1.807) is 23.1 Å². The summed E-state index contributed by atoms with van der Waals surface area (Å²) in [6.45, 7) is 15.1. The van der Waals surface area contributed by atoms with Gasteiger partial charge in [0.2, 0.25) is 0 Å². The van der Waals surface area contributed by atoms with Gasteiger partial charge >= 0.3 is 6.09 Å². The van der Waals surface area contributed by atoms with Gasteiger partial charge in [-0.1, -0.05) is 62.9 Å². The molecule has 0 aromatic heterocycles. The van der Waals surface area contributed by atoms with E-state index in [9.17, 15) is 9.59 Å². The molecule has 0 aliphatic carbocycles. The molecule has 2 aliphatic heterocycles. The lowest BCUT2D eigenvalue weighted by Crippen LogP contribution is -2.45. The van der Waals surface area contributed by atoms with E-state index < -0.39 is 0 Å². The van der Waals surface area contributed by atoms with Gasteiger partial charge in [0.05, 0.1) is 12.7 Å². The number of carbonyl (C=O) groups excluding carboxylic acids is 2. The fourth-order valence-electron chi connectivity index (χ4n) is 4.43. The van der Waals surface area contributed by atoms with E-state index in [2.05, 4.69) is 41.9 Å². The molecule has 3 N–H and O–H groups in total. The quantitative estimate of drug-likeness (QED) is 0.353. The standard InChI is InChI=1S/C30H36N6O4.C2H6/c1-20(2)36-28(32-33-34-36)21(3)10-9-11-22(4)31-29(37)26-16-25-18-35(15-14-24(25)17-27(26)39-5)30(38)40-19-23-12-7-6-8-13-23;1-2/h6-13,16-17,20,33-34H,4,14-15,18-19H2,1-3,5H3,(H,31,37);1-2H3/b11-9-,21-10+;. The van der Waals surface area contributed by atoms with Crippen LogP contribution in [0.25, 0.3) is 0 Å². The van der Waals surface area contributed by atoms with Gasteiger partial charge < -0.3 is 19.7 Å². The summed E-state index contributed by atoms with van der Waals surface area (Å²) in [5.41, 5.74) is 10.3. The number of nitrogens with one attached hydrogen (secondary N) is 3. The number of carbonyl (C=O) groups is 2. The summed E-state index contributed by atoms with van der Waals surface area (Å²) in [7, 11) is 1.53. The van der Waals surface area contributed by atoms with Gasteiger partial charge in [-0.25, -0.2) is 10.3 Å². The maximum atomic E-state index is 13.2. The van der Waals surface area contributed by atoms with Crippen molar-refractivity contribution in [1.82, 2.24) is 26.3 Å². The van der Waals surface area contributed by atoms with Gasteiger partial charge in [-0.2, -0.15) is 0 Å². The second-order valence-electron chi connectivity index (χ2n) is 9.84. The summed E-state index contributed by atoms with van der Waals surface area (Å²) in [5.74, 6) is 0.904. The van der Waals surface area contributed by atoms with Crippen molar-refractivity contribution in [2.45, 2.75) is 60.2 Å². The van der Waals surface area contributed by atoms with Crippen LogP contribution in [0.15, 0.2) is 83.6 Å². The Labute approximate surface area is 248 Å². The van der Waals surface area contributed by atoms with Gasteiger partial charge in [-0.15, -0.1) is 10.6 Å². The van der Waals surface area contributed by atoms with Gasteiger partial charge in [0.25, 0.3) is 5.91 Å². The van der Waals surface area contributed by atoms with Crippen molar-refractivity contribution in [3.8, 4) is 5.75 Å². The first kappa shape index (κ1) is 32.0. The monoisotopic (exact) mass is 574 g/mol. The normalized spacial score (nSPS) is 14.5. The maximum Gasteiger partial charge on any atom is 0.410 e. The molecule has 0 atom stereocenters. The van der Waals surface area contributed by atoms with Crippen LogP contribution in [0.4, 0.5) is 4.79 Å². The average molecular weight is 575 g/mol. The zero-order valence-corrected chi connectivity index (χ0v) is 25.4. The van der Waals surface area contributed by atoms with Crippen LogP contribution in [-0.2, 0) is 24.3 Å². The molecule has 0 bridgehead atoms. The van der Waals surface area contributed by atoms with Gasteiger partial charge in [-0.05, 0) is 67.7 Å². The topological polar surface area (TPSA) is 108 Å². The minimum Gasteiger partial charge on any atom is -0.496 e. The number of rotatable bonds is 9. The van der Waals surface area contributed by atoms with Crippen molar-refractivity contribution < 1.29 is 19.1 Å². The average Bonchev–Trinajstić information content (AvgIpc) is 3.51. The first-order valence-corrected chi connectivity index (χ1v) is 14.2. The van der Waals surface area contributed by atoms with Crippen molar-refractivity contribution in [2.75, 3.05) is 13.7 Å². The molecule has 2 amide bonds. The van der Waals surface area contributed by atoms with Gasteiger partial charge in [0, 0.05) is 24.8 Å².